The van der Waals surface area contributed by atoms with E-state index >= 15 is 0 Å². The van der Waals surface area contributed by atoms with Gasteiger partial charge in [0.05, 0.1) is 12.2 Å². The second kappa shape index (κ2) is 15.7. The van der Waals surface area contributed by atoms with E-state index in [2.05, 4.69) is 79.6 Å². The molecule has 4 aromatic rings. The monoisotopic (exact) mass is 623 g/mol. The molecule has 0 bridgehead atoms. The molecule has 0 saturated heterocycles. The molecule has 246 valence electrons. The number of hydrogen-bond acceptors (Lipinski definition) is 5. The summed E-state index contributed by atoms with van der Waals surface area (Å²) in [5.74, 6) is 0.380. The molecule has 6 heteroatoms. The predicted molar refractivity (Wildman–Crippen MR) is 189 cm³/mol. The zero-order chi connectivity index (χ0) is 32.5. The quantitative estimate of drug-likeness (QED) is 0.0816. The Bertz CT molecular complexity index is 1600. The van der Waals surface area contributed by atoms with E-state index < -0.39 is 5.60 Å². The summed E-state index contributed by atoms with van der Waals surface area (Å²) < 4.78 is 15.6. The van der Waals surface area contributed by atoms with E-state index in [-0.39, 0.29) is 5.97 Å². The number of carbonyl (C=O) groups excluding carboxylic acids is 1. The number of benzene rings is 2. The molecule has 0 N–H and O–H groups in total. The van der Waals surface area contributed by atoms with Gasteiger partial charge in [-0.1, -0.05) is 83.9 Å². The molecule has 5 rings (SSSR count). The lowest BCUT2D eigenvalue weighted by atomic mass is 9.80. The molecule has 3 heterocycles. The van der Waals surface area contributed by atoms with Crippen molar-refractivity contribution in [2.45, 2.75) is 111 Å². The van der Waals surface area contributed by atoms with E-state index in [0.29, 0.717) is 17.9 Å². The highest BCUT2D eigenvalue weighted by Gasteiger charge is 2.54. The number of para-hydroxylation sites is 1. The normalized spacial score (nSPS) is 15.7. The molecule has 0 spiro atoms. The standard InChI is InChI=1S/C40H53N3O3/c1-6-10-13-14-15-18-28-43-30(5)37(32-20-16-17-22-35(32)43)40(38-33(39(44)46-40)21-19-25-41-38)34-24-23-31(29-36(34)45-9-4)42(26-11-7-2)27-12-8-3/h16-17,19-25,29H,6-15,18,26-28H2,1-5H3. The van der Waals surface area contributed by atoms with Gasteiger partial charge in [0.1, 0.15) is 11.4 Å². The van der Waals surface area contributed by atoms with Crippen LogP contribution in [0.25, 0.3) is 10.9 Å². The molecule has 1 aliphatic heterocycles. The van der Waals surface area contributed by atoms with E-state index in [4.69, 9.17) is 14.5 Å². The molecule has 1 aliphatic rings. The second-order valence-electron chi connectivity index (χ2n) is 12.7. The molecular weight excluding hydrogens is 570 g/mol. The first-order valence-electron chi connectivity index (χ1n) is 17.8. The third-order valence-electron chi connectivity index (χ3n) is 9.50. The van der Waals surface area contributed by atoms with E-state index in [1.165, 1.54) is 32.1 Å². The van der Waals surface area contributed by atoms with Gasteiger partial charge in [0.25, 0.3) is 0 Å². The van der Waals surface area contributed by atoms with Crippen LogP contribution in [0.2, 0.25) is 0 Å². The number of unbranched alkanes of at least 4 members (excludes halogenated alkanes) is 7. The average molecular weight is 624 g/mol. The number of hydrogen-bond donors (Lipinski definition) is 0. The minimum atomic E-state index is -1.25. The van der Waals surface area contributed by atoms with Crippen LogP contribution in [-0.4, -0.2) is 35.2 Å². The largest absolute Gasteiger partial charge is 0.493 e. The minimum Gasteiger partial charge on any atom is -0.493 e. The van der Waals surface area contributed by atoms with Gasteiger partial charge in [-0.25, -0.2) is 4.79 Å². The Morgan fingerprint density at radius 3 is 2.30 bits per heavy atom. The van der Waals surface area contributed by atoms with Gasteiger partial charge in [-0.3, -0.25) is 4.98 Å². The van der Waals surface area contributed by atoms with Gasteiger partial charge in [-0.05, 0) is 63.4 Å². The van der Waals surface area contributed by atoms with Crippen molar-refractivity contribution < 1.29 is 14.3 Å². The third-order valence-corrected chi connectivity index (χ3v) is 9.50. The van der Waals surface area contributed by atoms with Crippen LogP contribution in [0.4, 0.5) is 5.69 Å². The lowest BCUT2D eigenvalue weighted by Gasteiger charge is -2.32. The van der Waals surface area contributed by atoms with Crippen molar-refractivity contribution in [1.29, 1.82) is 0 Å². The zero-order valence-electron chi connectivity index (χ0n) is 28.7. The van der Waals surface area contributed by atoms with Gasteiger partial charge >= 0.3 is 5.97 Å². The highest BCUT2D eigenvalue weighted by molar-refractivity contribution is 5.98. The Hall–Kier alpha value is -3.80. The maximum Gasteiger partial charge on any atom is 0.341 e. The summed E-state index contributed by atoms with van der Waals surface area (Å²) in [5, 5.41) is 1.08. The van der Waals surface area contributed by atoms with Crippen LogP contribution < -0.4 is 9.64 Å². The lowest BCUT2D eigenvalue weighted by Crippen LogP contribution is -2.32. The molecule has 0 amide bonds. The van der Waals surface area contributed by atoms with Crippen molar-refractivity contribution in [2.75, 3.05) is 24.6 Å². The second-order valence-corrected chi connectivity index (χ2v) is 12.7. The van der Waals surface area contributed by atoms with Crippen molar-refractivity contribution in [1.82, 2.24) is 9.55 Å². The summed E-state index contributed by atoms with van der Waals surface area (Å²) in [6.45, 7) is 14.3. The number of anilines is 1. The lowest BCUT2D eigenvalue weighted by molar-refractivity contribution is 0.0237. The Balaban J connectivity index is 1.70. The van der Waals surface area contributed by atoms with Gasteiger partial charge in [0, 0.05) is 65.3 Å². The number of rotatable bonds is 18. The van der Waals surface area contributed by atoms with Crippen LogP contribution >= 0.6 is 0 Å². The first kappa shape index (κ1) is 33.6. The molecule has 46 heavy (non-hydrogen) atoms. The molecular formula is C40H53N3O3. The van der Waals surface area contributed by atoms with Crippen molar-refractivity contribution in [3.63, 3.8) is 0 Å². The van der Waals surface area contributed by atoms with Crippen molar-refractivity contribution >= 4 is 22.6 Å². The fourth-order valence-corrected chi connectivity index (χ4v) is 7.13. The molecule has 0 radical (unpaired) electrons. The van der Waals surface area contributed by atoms with Crippen LogP contribution in [0.1, 0.15) is 125 Å². The summed E-state index contributed by atoms with van der Waals surface area (Å²) >= 11 is 0. The van der Waals surface area contributed by atoms with Gasteiger partial charge in [-0.2, -0.15) is 0 Å². The summed E-state index contributed by atoms with van der Waals surface area (Å²) in [6.07, 6.45) is 13.7. The Kier molecular flexibility index (Phi) is 11.4. The van der Waals surface area contributed by atoms with Crippen LogP contribution in [0.5, 0.6) is 5.75 Å². The number of pyridine rings is 1. The summed E-state index contributed by atoms with van der Waals surface area (Å²) in [6, 6.07) is 18.7. The molecule has 0 aliphatic carbocycles. The van der Waals surface area contributed by atoms with E-state index in [9.17, 15) is 4.79 Å². The van der Waals surface area contributed by atoms with Crippen LogP contribution in [0.15, 0.2) is 60.8 Å². The summed E-state index contributed by atoms with van der Waals surface area (Å²) in [7, 11) is 0. The summed E-state index contributed by atoms with van der Waals surface area (Å²) in [5.41, 5.74) is 5.08. The average Bonchev–Trinajstić information content (AvgIpc) is 3.53. The van der Waals surface area contributed by atoms with Crippen LogP contribution in [0, 0.1) is 6.92 Å². The van der Waals surface area contributed by atoms with Gasteiger partial charge < -0.3 is 18.9 Å². The first-order chi connectivity index (χ1) is 22.5. The van der Waals surface area contributed by atoms with E-state index in [1.54, 1.807) is 6.20 Å². The number of nitrogens with zero attached hydrogens (tertiary/aromatic N) is 3. The molecule has 2 aromatic heterocycles. The Morgan fingerprint density at radius 1 is 0.848 bits per heavy atom. The zero-order valence-corrected chi connectivity index (χ0v) is 28.7. The van der Waals surface area contributed by atoms with Crippen molar-refractivity contribution in [2.24, 2.45) is 0 Å². The highest BCUT2D eigenvalue weighted by Crippen LogP contribution is 2.53. The maximum atomic E-state index is 13.7. The third kappa shape index (κ3) is 6.54. The molecule has 2 aromatic carbocycles. The predicted octanol–water partition coefficient (Wildman–Crippen LogP) is 9.97. The van der Waals surface area contributed by atoms with Gasteiger partial charge in [0.15, 0.2) is 0 Å². The van der Waals surface area contributed by atoms with Gasteiger partial charge in [0.2, 0.25) is 5.60 Å². The number of aryl methyl sites for hydroxylation is 1. The Morgan fingerprint density at radius 2 is 1.57 bits per heavy atom. The molecule has 1 atom stereocenters. The topological polar surface area (TPSA) is 56.6 Å². The molecule has 6 nitrogen and oxygen atoms in total. The fourth-order valence-electron chi connectivity index (χ4n) is 7.13. The van der Waals surface area contributed by atoms with Crippen LogP contribution in [-0.2, 0) is 16.9 Å². The number of cyclic esters (lactones) is 1. The summed E-state index contributed by atoms with van der Waals surface area (Å²) in [4.78, 5) is 21.1. The number of aromatic nitrogens is 2. The van der Waals surface area contributed by atoms with E-state index in [1.807, 2.05) is 19.1 Å². The van der Waals surface area contributed by atoms with Crippen molar-refractivity contribution in [3.05, 3.63) is 88.9 Å². The fraction of sp³-hybridized carbons (Fsp3) is 0.500. The van der Waals surface area contributed by atoms with Crippen molar-refractivity contribution in [3.8, 4) is 5.75 Å². The molecule has 1 unspecified atom stereocenters. The SMILES string of the molecule is CCCCCCCCn1c(C)c(C2(c3ccc(N(CCCC)CCCC)cc3OCC)OC(=O)c3cccnc32)c2ccccc21. The number of ether oxygens (including phenoxy) is 2. The van der Waals surface area contributed by atoms with E-state index in [0.717, 1.165) is 90.9 Å². The first-order valence-corrected chi connectivity index (χ1v) is 17.8. The van der Waals surface area contributed by atoms with Gasteiger partial charge in [-0.15, -0.1) is 0 Å². The van der Waals surface area contributed by atoms with Crippen LogP contribution in [0.3, 0.4) is 0 Å². The minimum absolute atomic E-state index is 0.353. The number of fused-ring (bicyclic) bond motifs is 2. The number of esters is 1. The highest BCUT2D eigenvalue weighted by atomic mass is 16.6. The number of carbonyl (C=O) groups is 1. The smallest absolute Gasteiger partial charge is 0.341 e. The molecule has 0 saturated carbocycles. The Labute approximate surface area is 276 Å². The molecule has 0 fully saturated rings. The maximum absolute atomic E-state index is 13.7.